The topological polar surface area (TPSA) is 90.2 Å². The van der Waals surface area contributed by atoms with Gasteiger partial charge in [0.05, 0.1) is 17.7 Å². The lowest BCUT2D eigenvalue weighted by Gasteiger charge is -2.19. The molecule has 0 radical (unpaired) electrons. The molecule has 2 aromatic rings. The van der Waals surface area contributed by atoms with Gasteiger partial charge in [-0.1, -0.05) is 88.0 Å². The first-order valence-electron chi connectivity index (χ1n) is 13.6. The number of anilines is 1. The van der Waals surface area contributed by atoms with Crippen LogP contribution in [0.25, 0.3) is 0 Å². The molecule has 0 aliphatic carbocycles. The second-order valence-electron chi connectivity index (χ2n) is 10.1. The number of hydrogen-bond acceptors (Lipinski definition) is 4. The standard InChI is InChI=1S/C29H42NO5PS/c1-2-3-7-15-28(31)23-16-18-26(19-17-23)35-22-24-21-30(25-12-8-6-9-13-25)29(37)27(24)14-10-4-5-11-20-36(32,33)34/h6,8-9,12-13,16-19,24,27-28,31H,2-5,7,10-11,14-15,20-22H2,1H3,(H2,32,33,34)/t24-,27-,28?/m1/s1. The Bertz CT molecular complexity index is 997. The van der Waals surface area contributed by atoms with Crippen molar-refractivity contribution in [3.63, 3.8) is 0 Å². The van der Waals surface area contributed by atoms with Crippen LogP contribution in [0, 0.1) is 11.8 Å². The van der Waals surface area contributed by atoms with Crippen molar-refractivity contribution in [3.8, 4) is 5.75 Å². The Hall–Kier alpha value is -1.76. The summed E-state index contributed by atoms with van der Waals surface area (Å²) in [6.07, 6.45) is 7.81. The molecular weight excluding hydrogens is 505 g/mol. The maximum absolute atomic E-state index is 11.1. The summed E-state index contributed by atoms with van der Waals surface area (Å²) in [5, 5.41) is 10.4. The van der Waals surface area contributed by atoms with Crippen molar-refractivity contribution in [2.45, 2.75) is 70.8 Å². The Morgan fingerprint density at radius 3 is 2.38 bits per heavy atom. The number of para-hydroxylation sites is 1. The van der Waals surface area contributed by atoms with Crippen LogP contribution in [0.5, 0.6) is 5.75 Å². The van der Waals surface area contributed by atoms with Gasteiger partial charge in [0.1, 0.15) is 5.75 Å². The summed E-state index contributed by atoms with van der Waals surface area (Å²) < 4.78 is 17.3. The van der Waals surface area contributed by atoms with E-state index in [2.05, 4.69) is 24.0 Å². The predicted octanol–water partition coefficient (Wildman–Crippen LogP) is 6.89. The summed E-state index contributed by atoms with van der Waals surface area (Å²) in [7, 11) is -3.91. The van der Waals surface area contributed by atoms with Crippen LogP contribution in [-0.4, -0.2) is 39.2 Å². The molecule has 8 heteroatoms. The van der Waals surface area contributed by atoms with Crippen LogP contribution in [0.2, 0.25) is 0 Å². The Labute approximate surface area is 227 Å². The van der Waals surface area contributed by atoms with Gasteiger partial charge in [-0.15, -0.1) is 0 Å². The van der Waals surface area contributed by atoms with E-state index in [9.17, 15) is 9.67 Å². The monoisotopic (exact) mass is 547 g/mol. The average Bonchev–Trinajstić information content (AvgIpc) is 3.20. The predicted molar refractivity (Wildman–Crippen MR) is 154 cm³/mol. The quantitative estimate of drug-likeness (QED) is 0.120. The van der Waals surface area contributed by atoms with E-state index in [1.165, 1.54) is 0 Å². The molecule has 0 amide bonds. The van der Waals surface area contributed by atoms with Gasteiger partial charge in [0.25, 0.3) is 0 Å². The van der Waals surface area contributed by atoms with Crippen LogP contribution in [0.1, 0.15) is 76.4 Å². The molecule has 1 heterocycles. The molecule has 1 aliphatic heterocycles. The first-order valence-corrected chi connectivity index (χ1v) is 15.8. The maximum atomic E-state index is 11.1. The number of aliphatic hydroxyl groups is 1. The number of thiocarbonyl (C=S) groups is 1. The molecular formula is C29H42NO5PS. The Morgan fingerprint density at radius 2 is 1.70 bits per heavy atom. The molecule has 2 aromatic carbocycles. The second-order valence-corrected chi connectivity index (χ2v) is 12.3. The van der Waals surface area contributed by atoms with Crippen molar-refractivity contribution >= 4 is 30.5 Å². The fourth-order valence-corrected chi connectivity index (χ4v) is 6.13. The zero-order valence-electron chi connectivity index (χ0n) is 21.9. The summed E-state index contributed by atoms with van der Waals surface area (Å²) in [6, 6.07) is 18.0. The van der Waals surface area contributed by atoms with Gasteiger partial charge in [0, 0.05) is 30.2 Å². The van der Waals surface area contributed by atoms with Gasteiger partial charge in [-0.3, -0.25) is 4.57 Å². The highest BCUT2D eigenvalue weighted by atomic mass is 32.1. The summed E-state index contributed by atoms with van der Waals surface area (Å²) >= 11 is 5.93. The van der Waals surface area contributed by atoms with Gasteiger partial charge >= 0.3 is 7.60 Å². The highest BCUT2D eigenvalue weighted by Crippen LogP contribution is 2.37. The summed E-state index contributed by atoms with van der Waals surface area (Å²) in [4.78, 5) is 21.3. The van der Waals surface area contributed by atoms with E-state index in [1.807, 2.05) is 42.5 Å². The lowest BCUT2D eigenvalue weighted by molar-refractivity contribution is 0.163. The SMILES string of the molecule is CCCCCC(O)c1ccc(OC[C@H]2CN(c3ccccc3)C(=S)[C@@H]2CCCCCCP(=O)(O)O)cc1. The minimum Gasteiger partial charge on any atom is -0.493 e. The van der Waals surface area contributed by atoms with E-state index in [1.54, 1.807) is 0 Å². The smallest absolute Gasteiger partial charge is 0.325 e. The van der Waals surface area contributed by atoms with Crippen LogP contribution in [0.3, 0.4) is 0 Å². The van der Waals surface area contributed by atoms with Crippen LogP contribution in [0.4, 0.5) is 5.69 Å². The first kappa shape index (κ1) is 29.8. The molecule has 0 bridgehead atoms. The molecule has 204 valence electrons. The summed E-state index contributed by atoms with van der Waals surface area (Å²) in [5.41, 5.74) is 2.03. The molecule has 0 saturated carbocycles. The Kier molecular flexibility index (Phi) is 12.1. The zero-order valence-corrected chi connectivity index (χ0v) is 23.6. The van der Waals surface area contributed by atoms with Crippen LogP contribution in [0.15, 0.2) is 54.6 Å². The minimum absolute atomic E-state index is 0.0400. The van der Waals surface area contributed by atoms with Gasteiger partial charge in [0.2, 0.25) is 0 Å². The van der Waals surface area contributed by atoms with E-state index in [0.29, 0.717) is 13.0 Å². The number of unbranched alkanes of at least 4 members (excludes halogenated alkanes) is 5. The number of ether oxygens (including phenoxy) is 1. The molecule has 1 aliphatic rings. The molecule has 37 heavy (non-hydrogen) atoms. The van der Waals surface area contributed by atoms with Crippen LogP contribution in [-0.2, 0) is 4.57 Å². The van der Waals surface area contributed by atoms with Gasteiger partial charge in [-0.25, -0.2) is 0 Å². The molecule has 0 spiro atoms. The van der Waals surface area contributed by atoms with Crippen molar-refractivity contribution in [3.05, 3.63) is 60.2 Å². The third-order valence-electron chi connectivity index (χ3n) is 7.16. The number of aliphatic hydroxyl groups excluding tert-OH is 1. The van der Waals surface area contributed by atoms with Gasteiger partial charge < -0.3 is 24.5 Å². The molecule has 3 rings (SSSR count). The van der Waals surface area contributed by atoms with Crippen LogP contribution >= 0.6 is 19.8 Å². The van der Waals surface area contributed by atoms with Crippen molar-refractivity contribution in [2.24, 2.45) is 11.8 Å². The van der Waals surface area contributed by atoms with Gasteiger partial charge in [-0.2, -0.15) is 0 Å². The lowest BCUT2D eigenvalue weighted by atomic mass is 9.91. The second kappa shape index (κ2) is 15.0. The number of benzene rings is 2. The van der Waals surface area contributed by atoms with Crippen molar-refractivity contribution in [1.29, 1.82) is 0 Å². The third-order valence-corrected chi connectivity index (χ3v) is 8.58. The average molecular weight is 548 g/mol. The molecule has 1 fully saturated rings. The highest BCUT2D eigenvalue weighted by molar-refractivity contribution is 7.80. The maximum Gasteiger partial charge on any atom is 0.325 e. The normalized spacial score (nSPS) is 18.8. The van der Waals surface area contributed by atoms with E-state index in [-0.39, 0.29) is 18.0 Å². The Morgan fingerprint density at radius 1 is 1.00 bits per heavy atom. The van der Waals surface area contributed by atoms with Crippen molar-refractivity contribution in [2.75, 3.05) is 24.2 Å². The van der Waals surface area contributed by atoms with Gasteiger partial charge in [-0.05, 0) is 49.1 Å². The number of nitrogens with zero attached hydrogens (tertiary/aromatic N) is 1. The summed E-state index contributed by atoms with van der Waals surface area (Å²) in [6.45, 7) is 3.53. The van der Waals surface area contributed by atoms with Crippen molar-refractivity contribution in [1.82, 2.24) is 0 Å². The van der Waals surface area contributed by atoms with Crippen LogP contribution < -0.4 is 9.64 Å². The van der Waals surface area contributed by atoms with E-state index in [4.69, 9.17) is 26.7 Å². The fraction of sp³-hybridized carbons (Fsp3) is 0.552. The lowest BCUT2D eigenvalue weighted by Crippen LogP contribution is -2.25. The molecule has 1 saturated heterocycles. The molecule has 0 aromatic heterocycles. The van der Waals surface area contributed by atoms with E-state index in [0.717, 1.165) is 79.9 Å². The van der Waals surface area contributed by atoms with E-state index < -0.39 is 13.7 Å². The zero-order chi connectivity index (χ0) is 26.7. The largest absolute Gasteiger partial charge is 0.493 e. The van der Waals surface area contributed by atoms with Crippen molar-refractivity contribution < 1.29 is 24.2 Å². The van der Waals surface area contributed by atoms with Gasteiger partial charge in [0.15, 0.2) is 0 Å². The number of rotatable bonds is 16. The molecule has 6 nitrogen and oxygen atoms in total. The third kappa shape index (κ3) is 9.81. The number of hydrogen-bond donors (Lipinski definition) is 3. The van der Waals surface area contributed by atoms with E-state index >= 15 is 0 Å². The fourth-order valence-electron chi connectivity index (χ4n) is 5.00. The first-order chi connectivity index (χ1) is 17.8. The molecule has 3 N–H and O–H groups in total. The minimum atomic E-state index is -3.91. The molecule has 1 unspecified atom stereocenters. The highest BCUT2D eigenvalue weighted by Gasteiger charge is 2.37. The Balaban J connectivity index is 1.56. The molecule has 3 atom stereocenters. The summed E-state index contributed by atoms with van der Waals surface area (Å²) in [5.74, 6) is 1.27.